The summed E-state index contributed by atoms with van der Waals surface area (Å²) in [5.74, 6) is -0.336. The van der Waals surface area contributed by atoms with Gasteiger partial charge in [0.05, 0.1) is 6.61 Å². The second kappa shape index (κ2) is 7.60. The molecule has 0 bridgehead atoms. The summed E-state index contributed by atoms with van der Waals surface area (Å²) in [6, 6.07) is 9.60. The van der Waals surface area contributed by atoms with Crippen LogP contribution in [-0.4, -0.2) is 12.6 Å². The molecule has 1 fully saturated rings. The molecule has 0 N–H and O–H groups in total. The summed E-state index contributed by atoms with van der Waals surface area (Å²) in [6.45, 7) is 0.290. The molecule has 0 atom stereocenters. The van der Waals surface area contributed by atoms with Crippen molar-refractivity contribution in [2.45, 2.75) is 38.3 Å². The molecule has 2 aromatic rings. The Balaban J connectivity index is 1.79. The van der Waals surface area contributed by atoms with Crippen LogP contribution in [0.15, 0.2) is 36.4 Å². The lowest BCUT2D eigenvalue weighted by atomic mass is 9.90. The van der Waals surface area contributed by atoms with Gasteiger partial charge in [-0.05, 0) is 30.4 Å². The van der Waals surface area contributed by atoms with Crippen LogP contribution in [0.3, 0.4) is 0 Å². The quantitative estimate of drug-likeness (QED) is 0.603. The first kappa shape index (κ1) is 18.0. The maximum Gasteiger partial charge on any atom is 0.426 e. The van der Waals surface area contributed by atoms with Gasteiger partial charge in [-0.1, -0.05) is 49.6 Å². The van der Waals surface area contributed by atoms with Gasteiger partial charge in [0, 0.05) is 5.56 Å². The topological polar surface area (TPSA) is 26.3 Å². The van der Waals surface area contributed by atoms with Gasteiger partial charge in [-0.2, -0.15) is 13.2 Å². The standard InChI is InChI=1S/C19H19F3O2S/c20-19(21,22)17-15(14-9-5-2-6-10-14)11-16(25-17)18(23)24-12-13-7-3-1-4-8-13/h2,5-6,9-11,13H,1,3-4,7-8,12H2. The Bertz CT molecular complexity index is 716. The fourth-order valence-corrected chi connectivity index (χ4v) is 4.09. The monoisotopic (exact) mass is 368 g/mol. The van der Waals surface area contributed by atoms with E-state index in [2.05, 4.69) is 0 Å². The smallest absolute Gasteiger partial charge is 0.426 e. The average molecular weight is 368 g/mol. The van der Waals surface area contributed by atoms with E-state index in [0.29, 0.717) is 29.4 Å². The van der Waals surface area contributed by atoms with Gasteiger partial charge in [-0.15, -0.1) is 11.3 Å². The van der Waals surface area contributed by atoms with Crippen molar-refractivity contribution in [1.29, 1.82) is 0 Å². The molecule has 1 saturated carbocycles. The largest absolute Gasteiger partial charge is 0.461 e. The molecular weight excluding hydrogens is 349 g/mol. The third-order valence-corrected chi connectivity index (χ3v) is 5.61. The molecule has 1 aromatic heterocycles. The van der Waals surface area contributed by atoms with Crippen LogP contribution < -0.4 is 0 Å². The van der Waals surface area contributed by atoms with Crippen LogP contribution in [0.25, 0.3) is 11.1 Å². The first-order chi connectivity index (χ1) is 11.9. The highest BCUT2D eigenvalue weighted by Crippen LogP contribution is 2.43. The highest BCUT2D eigenvalue weighted by Gasteiger charge is 2.37. The van der Waals surface area contributed by atoms with E-state index in [1.807, 2.05) is 0 Å². The Morgan fingerprint density at radius 1 is 1.12 bits per heavy atom. The van der Waals surface area contributed by atoms with Crippen molar-refractivity contribution in [1.82, 2.24) is 0 Å². The molecule has 6 heteroatoms. The van der Waals surface area contributed by atoms with E-state index in [1.165, 1.54) is 12.5 Å². The van der Waals surface area contributed by atoms with Crippen LogP contribution >= 0.6 is 11.3 Å². The van der Waals surface area contributed by atoms with Crippen molar-refractivity contribution in [2.75, 3.05) is 6.61 Å². The summed E-state index contributed by atoms with van der Waals surface area (Å²) in [7, 11) is 0. The highest BCUT2D eigenvalue weighted by atomic mass is 32.1. The van der Waals surface area contributed by atoms with Crippen LogP contribution in [0.2, 0.25) is 0 Å². The fourth-order valence-electron chi connectivity index (χ4n) is 3.15. The van der Waals surface area contributed by atoms with E-state index in [1.54, 1.807) is 30.3 Å². The summed E-state index contributed by atoms with van der Waals surface area (Å²) >= 11 is 0.456. The lowest BCUT2D eigenvalue weighted by Crippen LogP contribution is -2.16. The van der Waals surface area contributed by atoms with Gasteiger partial charge in [-0.3, -0.25) is 0 Å². The minimum absolute atomic E-state index is 0.00184. The number of hydrogen-bond donors (Lipinski definition) is 0. The summed E-state index contributed by atoms with van der Waals surface area (Å²) in [4.78, 5) is 11.5. The molecule has 1 heterocycles. The number of carbonyl (C=O) groups excluding carboxylic acids is 1. The number of carbonyl (C=O) groups is 1. The number of hydrogen-bond acceptors (Lipinski definition) is 3. The molecular formula is C19H19F3O2S. The number of ether oxygens (including phenoxy) is 1. The van der Waals surface area contributed by atoms with Gasteiger partial charge in [0.25, 0.3) is 0 Å². The number of esters is 1. The number of benzene rings is 1. The van der Waals surface area contributed by atoms with Crippen LogP contribution in [0.5, 0.6) is 0 Å². The van der Waals surface area contributed by atoms with Gasteiger partial charge >= 0.3 is 12.1 Å². The minimum atomic E-state index is -4.50. The van der Waals surface area contributed by atoms with Crippen LogP contribution in [0, 0.1) is 5.92 Å². The van der Waals surface area contributed by atoms with Crippen LogP contribution in [-0.2, 0) is 10.9 Å². The van der Waals surface area contributed by atoms with Crippen molar-refractivity contribution < 1.29 is 22.7 Å². The van der Waals surface area contributed by atoms with Crippen LogP contribution in [0.1, 0.15) is 46.7 Å². The Morgan fingerprint density at radius 2 is 1.80 bits per heavy atom. The third kappa shape index (κ3) is 4.42. The van der Waals surface area contributed by atoms with Crippen LogP contribution in [0.4, 0.5) is 13.2 Å². The molecule has 3 rings (SSSR count). The Hall–Kier alpha value is -1.82. The molecule has 1 aliphatic carbocycles. The van der Waals surface area contributed by atoms with Gasteiger partial charge in [0.2, 0.25) is 0 Å². The van der Waals surface area contributed by atoms with E-state index < -0.39 is 17.0 Å². The minimum Gasteiger partial charge on any atom is -0.461 e. The summed E-state index contributed by atoms with van der Waals surface area (Å²) in [5.41, 5.74) is 0.472. The Labute approximate surface area is 148 Å². The van der Waals surface area contributed by atoms with E-state index >= 15 is 0 Å². The zero-order valence-electron chi connectivity index (χ0n) is 13.6. The van der Waals surface area contributed by atoms with E-state index in [9.17, 15) is 18.0 Å². The molecule has 0 radical (unpaired) electrons. The van der Waals surface area contributed by atoms with Crippen molar-refractivity contribution in [2.24, 2.45) is 5.92 Å². The lowest BCUT2D eigenvalue weighted by molar-refractivity contribution is -0.133. The predicted octanol–water partition coefficient (Wildman–Crippen LogP) is 6.17. The molecule has 25 heavy (non-hydrogen) atoms. The second-order valence-corrected chi connectivity index (χ2v) is 7.37. The summed E-state index contributed by atoms with van der Waals surface area (Å²) in [6.07, 6.45) is 0.971. The van der Waals surface area contributed by atoms with Crippen molar-refractivity contribution in [3.8, 4) is 11.1 Å². The first-order valence-corrected chi connectivity index (χ1v) is 9.20. The molecule has 0 spiro atoms. The Morgan fingerprint density at radius 3 is 2.44 bits per heavy atom. The average Bonchev–Trinajstić information content (AvgIpc) is 3.07. The fraction of sp³-hybridized carbons (Fsp3) is 0.421. The van der Waals surface area contributed by atoms with Crippen molar-refractivity contribution in [3.63, 3.8) is 0 Å². The maximum absolute atomic E-state index is 13.3. The zero-order chi connectivity index (χ0) is 17.9. The number of thiophene rings is 1. The summed E-state index contributed by atoms with van der Waals surface area (Å²) < 4.78 is 45.3. The van der Waals surface area contributed by atoms with Gasteiger partial charge in [0.1, 0.15) is 9.75 Å². The normalized spacial score (nSPS) is 16.0. The van der Waals surface area contributed by atoms with Crippen molar-refractivity contribution in [3.05, 3.63) is 46.2 Å². The molecule has 134 valence electrons. The van der Waals surface area contributed by atoms with Gasteiger partial charge < -0.3 is 4.74 Å². The molecule has 0 amide bonds. The van der Waals surface area contributed by atoms with E-state index in [4.69, 9.17) is 4.74 Å². The maximum atomic E-state index is 13.3. The third-order valence-electron chi connectivity index (χ3n) is 4.45. The molecule has 2 nitrogen and oxygen atoms in total. The summed E-state index contributed by atoms with van der Waals surface area (Å²) in [5, 5.41) is 0. The van der Waals surface area contributed by atoms with Gasteiger partial charge in [0.15, 0.2) is 0 Å². The number of halogens is 3. The molecule has 0 saturated heterocycles. The lowest BCUT2D eigenvalue weighted by Gasteiger charge is -2.20. The SMILES string of the molecule is O=C(OCC1CCCCC1)c1cc(-c2ccccc2)c(C(F)(F)F)s1. The number of alkyl halides is 3. The first-order valence-electron chi connectivity index (χ1n) is 8.38. The molecule has 0 aliphatic heterocycles. The predicted molar refractivity (Wildman–Crippen MR) is 91.6 cm³/mol. The zero-order valence-corrected chi connectivity index (χ0v) is 14.5. The second-order valence-electron chi connectivity index (χ2n) is 6.32. The van der Waals surface area contributed by atoms with Gasteiger partial charge in [-0.25, -0.2) is 4.79 Å². The molecule has 1 aliphatic rings. The van der Waals surface area contributed by atoms with E-state index in [0.717, 1.165) is 25.7 Å². The molecule has 0 unspecified atom stereocenters. The number of rotatable bonds is 4. The van der Waals surface area contributed by atoms with Crippen molar-refractivity contribution >= 4 is 17.3 Å². The highest BCUT2D eigenvalue weighted by molar-refractivity contribution is 7.14. The van der Waals surface area contributed by atoms with E-state index in [-0.39, 0.29) is 10.4 Å². The Kier molecular flexibility index (Phi) is 5.47. The molecule has 1 aromatic carbocycles.